The molecule has 2 heterocycles. The minimum atomic E-state index is -1.65. The number of hydrogen-bond acceptors (Lipinski definition) is 8. The summed E-state index contributed by atoms with van der Waals surface area (Å²) in [4.78, 5) is 30.3. The number of carbonyl (C=O) groups is 2. The molecule has 3 aromatic carbocycles. The summed E-state index contributed by atoms with van der Waals surface area (Å²) in [5.41, 5.74) is 3.48. The Kier molecular flexibility index (Phi) is 8.67. The Hall–Kier alpha value is -4.52. The largest absolute Gasteiger partial charge is 0.488 e. The number of ether oxygens (including phenoxy) is 1. The third-order valence-corrected chi connectivity index (χ3v) is 6.86. The molecule has 2 amide bonds. The zero-order valence-corrected chi connectivity index (χ0v) is 23.7. The van der Waals surface area contributed by atoms with Gasteiger partial charge in [0.05, 0.1) is 17.8 Å². The number of nitrogens with one attached hydrogen (secondary N) is 2. The van der Waals surface area contributed by atoms with E-state index in [0.29, 0.717) is 45.9 Å². The number of carbonyl (C=O) groups excluding carboxylic acids is 2. The summed E-state index contributed by atoms with van der Waals surface area (Å²) < 4.78 is 7.74. The summed E-state index contributed by atoms with van der Waals surface area (Å²) in [5.74, 6) is 0.990. The molecule has 0 aliphatic carbocycles. The monoisotopic (exact) mass is 586 g/mol. The first-order chi connectivity index (χ1) is 20.2. The second kappa shape index (κ2) is 12.6. The van der Waals surface area contributed by atoms with Crippen LogP contribution in [0, 0.1) is 6.92 Å². The maximum absolute atomic E-state index is 12.6. The Morgan fingerprint density at radius 1 is 1.05 bits per heavy atom. The van der Waals surface area contributed by atoms with E-state index in [4.69, 9.17) is 21.3 Å². The first-order valence-electron chi connectivity index (χ1n) is 13.3. The molecule has 0 saturated heterocycles. The normalized spacial score (nSPS) is 13.7. The van der Waals surface area contributed by atoms with Crippen LogP contribution in [0.1, 0.15) is 42.2 Å². The van der Waals surface area contributed by atoms with Gasteiger partial charge in [0, 0.05) is 28.4 Å². The Balaban J connectivity index is 1.49. The summed E-state index contributed by atoms with van der Waals surface area (Å²) >= 11 is 6.17. The highest BCUT2D eigenvalue weighted by atomic mass is 35.5. The topological polar surface area (TPSA) is 151 Å². The molecule has 214 valence electrons. The Labute approximate surface area is 247 Å². The molecule has 5 rings (SSSR count). The van der Waals surface area contributed by atoms with Crippen LogP contribution in [0.15, 0.2) is 71.7 Å². The first-order valence-corrected chi connectivity index (χ1v) is 13.7. The van der Waals surface area contributed by atoms with Crippen molar-refractivity contribution in [2.75, 3.05) is 18.5 Å². The number of aliphatic imine (C=N–C) groups is 1. The molecule has 1 aliphatic heterocycles. The maximum atomic E-state index is 12.6. The van der Waals surface area contributed by atoms with Crippen molar-refractivity contribution in [3.05, 3.63) is 94.5 Å². The van der Waals surface area contributed by atoms with E-state index in [1.54, 1.807) is 36.4 Å². The lowest BCUT2D eigenvalue weighted by molar-refractivity contribution is -0.121. The summed E-state index contributed by atoms with van der Waals surface area (Å²) in [7, 11) is -1.65. The van der Waals surface area contributed by atoms with Crippen molar-refractivity contribution < 1.29 is 24.4 Å². The lowest BCUT2D eigenvalue weighted by atomic mass is 9.80. The van der Waals surface area contributed by atoms with E-state index in [1.165, 1.54) is 12.1 Å². The highest BCUT2D eigenvalue weighted by molar-refractivity contribution is 6.58. The number of benzene rings is 3. The molecule has 0 spiro atoms. The molecule has 42 heavy (non-hydrogen) atoms. The number of aryl methyl sites for hydroxylation is 1. The van der Waals surface area contributed by atoms with Gasteiger partial charge in [0.2, 0.25) is 5.91 Å². The molecule has 11 nitrogen and oxygen atoms in total. The molecule has 1 aliphatic rings. The van der Waals surface area contributed by atoms with Crippen molar-refractivity contribution in [1.82, 2.24) is 20.1 Å². The van der Waals surface area contributed by atoms with E-state index in [9.17, 15) is 19.6 Å². The fraction of sp³-hybridized carbons (Fsp3) is 0.207. The summed E-state index contributed by atoms with van der Waals surface area (Å²) in [5, 5.41) is 33.5. The number of nitrogens with zero attached hydrogens (tertiary/aromatic N) is 4. The number of amides is 2. The molecule has 4 N–H and O–H groups in total. The van der Waals surface area contributed by atoms with Crippen LogP contribution in [0.25, 0.3) is 5.69 Å². The zero-order chi connectivity index (χ0) is 29.8. The van der Waals surface area contributed by atoms with Crippen LogP contribution in [-0.2, 0) is 9.59 Å². The van der Waals surface area contributed by atoms with E-state index in [1.807, 2.05) is 36.6 Å². The van der Waals surface area contributed by atoms with Crippen LogP contribution in [0.5, 0.6) is 5.75 Å². The van der Waals surface area contributed by atoms with Crippen LogP contribution in [0.4, 0.5) is 5.69 Å². The standard InChI is InChI=1S/C29H28BClN6O5/c1-3-32-26(38)15-24-29-36-35-17(2)37(29)25-12-11-22(14-23(25)28(34-24)18-7-9-20(31)10-8-18)42-16-27(39)33-21-6-4-5-19(13-21)30(40)41/h4-14,24,40-41H,3,15-16H2,1-2H3,(H,32,38)(H,33,39). The van der Waals surface area contributed by atoms with E-state index < -0.39 is 19.1 Å². The van der Waals surface area contributed by atoms with Gasteiger partial charge in [-0.3, -0.25) is 19.1 Å². The van der Waals surface area contributed by atoms with Crippen molar-refractivity contribution in [2.24, 2.45) is 4.99 Å². The van der Waals surface area contributed by atoms with Crippen molar-refractivity contribution >= 4 is 47.4 Å². The SMILES string of the molecule is CCNC(=O)CC1N=C(c2ccc(Cl)cc2)c2cc(OCC(=O)Nc3cccc(B(O)O)c3)ccc2-n2c(C)nnc21. The van der Waals surface area contributed by atoms with Crippen LogP contribution in [0.3, 0.4) is 0 Å². The second-order valence-corrected chi connectivity index (χ2v) is 10.1. The Morgan fingerprint density at radius 3 is 2.57 bits per heavy atom. The van der Waals surface area contributed by atoms with E-state index in [0.717, 1.165) is 11.3 Å². The average Bonchev–Trinajstić information content (AvgIpc) is 3.29. The maximum Gasteiger partial charge on any atom is 0.488 e. The van der Waals surface area contributed by atoms with Crippen molar-refractivity contribution in [1.29, 1.82) is 0 Å². The number of aromatic nitrogens is 3. The fourth-order valence-corrected chi connectivity index (χ4v) is 4.83. The lowest BCUT2D eigenvalue weighted by Gasteiger charge is -2.15. The van der Waals surface area contributed by atoms with Crippen molar-refractivity contribution in [2.45, 2.75) is 26.3 Å². The molecule has 0 fully saturated rings. The van der Waals surface area contributed by atoms with E-state index in [2.05, 4.69) is 20.8 Å². The van der Waals surface area contributed by atoms with Gasteiger partial charge >= 0.3 is 7.12 Å². The minimum Gasteiger partial charge on any atom is -0.484 e. The third-order valence-electron chi connectivity index (χ3n) is 6.61. The van der Waals surface area contributed by atoms with E-state index >= 15 is 0 Å². The molecule has 1 atom stereocenters. The Morgan fingerprint density at radius 2 is 1.83 bits per heavy atom. The van der Waals surface area contributed by atoms with Gasteiger partial charge in [-0.15, -0.1) is 10.2 Å². The van der Waals surface area contributed by atoms with Gasteiger partial charge in [-0.05, 0) is 61.8 Å². The predicted octanol–water partition coefficient (Wildman–Crippen LogP) is 2.34. The highest BCUT2D eigenvalue weighted by Gasteiger charge is 2.30. The second-order valence-electron chi connectivity index (χ2n) is 9.61. The van der Waals surface area contributed by atoms with Crippen LogP contribution >= 0.6 is 11.6 Å². The van der Waals surface area contributed by atoms with Gasteiger partial charge in [0.1, 0.15) is 17.6 Å². The van der Waals surface area contributed by atoms with Crippen LogP contribution in [-0.4, -0.2) is 62.6 Å². The molecular weight excluding hydrogens is 559 g/mol. The molecule has 4 aromatic rings. The van der Waals surface area contributed by atoms with Gasteiger partial charge in [0.15, 0.2) is 12.4 Å². The summed E-state index contributed by atoms with van der Waals surface area (Å²) in [6.07, 6.45) is 0.0785. The van der Waals surface area contributed by atoms with Crippen LogP contribution in [0.2, 0.25) is 5.02 Å². The zero-order valence-electron chi connectivity index (χ0n) is 22.9. The van der Waals surface area contributed by atoms with Gasteiger partial charge in [-0.1, -0.05) is 35.9 Å². The number of hydrogen-bond donors (Lipinski definition) is 4. The van der Waals surface area contributed by atoms with Gasteiger partial charge in [-0.2, -0.15) is 0 Å². The first kappa shape index (κ1) is 29.0. The molecule has 0 saturated carbocycles. The molecule has 1 aromatic heterocycles. The quantitative estimate of drug-likeness (QED) is 0.220. The van der Waals surface area contributed by atoms with Crippen molar-refractivity contribution in [3.8, 4) is 11.4 Å². The van der Waals surface area contributed by atoms with Gasteiger partial charge < -0.3 is 25.4 Å². The average molecular weight is 587 g/mol. The molecule has 1 unspecified atom stereocenters. The molecule has 0 bridgehead atoms. The minimum absolute atomic E-state index is 0.0785. The Bertz CT molecular complexity index is 1660. The summed E-state index contributed by atoms with van der Waals surface area (Å²) in [6.45, 7) is 3.88. The van der Waals surface area contributed by atoms with E-state index in [-0.39, 0.29) is 24.4 Å². The van der Waals surface area contributed by atoms with Gasteiger partial charge in [-0.25, -0.2) is 0 Å². The number of rotatable bonds is 9. The highest BCUT2D eigenvalue weighted by Crippen LogP contribution is 2.34. The fourth-order valence-electron chi connectivity index (χ4n) is 4.71. The van der Waals surface area contributed by atoms with Gasteiger partial charge in [0.25, 0.3) is 5.91 Å². The lowest BCUT2D eigenvalue weighted by Crippen LogP contribution is -2.30. The predicted molar refractivity (Wildman–Crippen MR) is 160 cm³/mol. The molecule has 0 radical (unpaired) electrons. The molecular formula is C29H28BClN6O5. The number of anilines is 1. The summed E-state index contributed by atoms with van der Waals surface area (Å²) in [6, 6.07) is 18.2. The third kappa shape index (κ3) is 6.36. The number of halogens is 1. The smallest absolute Gasteiger partial charge is 0.484 e. The molecule has 13 heteroatoms. The van der Waals surface area contributed by atoms with Crippen LogP contribution < -0.4 is 20.8 Å². The van der Waals surface area contributed by atoms with Crippen molar-refractivity contribution in [3.63, 3.8) is 0 Å². The number of fused-ring (bicyclic) bond motifs is 3.